The molecular weight excluding hydrogens is 409 g/mol. The molecule has 2 heterocycles. The van der Waals surface area contributed by atoms with Crippen molar-refractivity contribution in [2.75, 3.05) is 6.67 Å². The predicted molar refractivity (Wildman–Crippen MR) is 99.0 cm³/mol. The zero-order valence-electron chi connectivity index (χ0n) is 14.8. The van der Waals surface area contributed by atoms with E-state index in [1.165, 1.54) is 29.6 Å². The largest absolute Gasteiger partial charge is 0.351 e. The summed E-state index contributed by atoms with van der Waals surface area (Å²) in [4.78, 5) is 29.8. The zero-order valence-corrected chi connectivity index (χ0v) is 16.4. The molecule has 12 heteroatoms. The van der Waals surface area contributed by atoms with Crippen LogP contribution in [-0.2, 0) is 21.4 Å². The number of urea groups is 1. The third-order valence-corrected chi connectivity index (χ3v) is 7.21. The van der Waals surface area contributed by atoms with Crippen LogP contribution in [0, 0.1) is 6.92 Å². The molecule has 1 N–H and O–H groups in total. The van der Waals surface area contributed by atoms with Gasteiger partial charge in [-0.25, -0.2) is 22.3 Å². The highest BCUT2D eigenvalue weighted by atomic mass is 32.2. The second-order valence-corrected chi connectivity index (χ2v) is 9.96. The molecule has 4 rings (SSSR count). The Labute approximate surface area is 164 Å². The Morgan fingerprint density at radius 1 is 1.36 bits per heavy atom. The maximum atomic E-state index is 13.1. The van der Waals surface area contributed by atoms with Gasteiger partial charge >= 0.3 is 6.03 Å². The lowest BCUT2D eigenvalue weighted by Crippen LogP contribution is -2.45. The molecule has 9 nitrogen and oxygen atoms in total. The predicted octanol–water partition coefficient (Wildman–Crippen LogP) is 1.04. The zero-order chi connectivity index (χ0) is 20.1. The van der Waals surface area contributed by atoms with Crippen molar-refractivity contribution in [3.63, 3.8) is 0 Å². The number of nitrogens with one attached hydrogen (secondary N) is 1. The molecule has 28 heavy (non-hydrogen) atoms. The van der Waals surface area contributed by atoms with Gasteiger partial charge in [0.2, 0.25) is 10.0 Å². The lowest BCUT2D eigenvalue weighted by atomic mass is 10.0. The Kier molecular flexibility index (Phi) is 4.51. The van der Waals surface area contributed by atoms with E-state index in [0.717, 1.165) is 4.90 Å². The number of alkyl halides is 1. The number of hydrogen-bond donors (Lipinski definition) is 1. The van der Waals surface area contributed by atoms with Gasteiger partial charge in [0.25, 0.3) is 5.91 Å². The number of aromatic nitrogens is 2. The molecule has 0 spiro atoms. The number of amides is 3. The fourth-order valence-electron chi connectivity index (χ4n) is 2.91. The van der Waals surface area contributed by atoms with Crippen LogP contribution in [0.4, 0.5) is 9.18 Å². The maximum absolute atomic E-state index is 13.1. The van der Waals surface area contributed by atoms with Crippen LogP contribution in [0.1, 0.15) is 22.9 Å². The van der Waals surface area contributed by atoms with Crippen LogP contribution in [0.3, 0.4) is 0 Å². The van der Waals surface area contributed by atoms with Gasteiger partial charge in [-0.1, -0.05) is 17.4 Å². The Morgan fingerprint density at radius 2 is 2.11 bits per heavy atom. The van der Waals surface area contributed by atoms with Crippen molar-refractivity contribution < 1.29 is 22.4 Å². The van der Waals surface area contributed by atoms with Gasteiger partial charge in [-0.2, -0.15) is 4.99 Å². The Hall–Kier alpha value is -2.31. The Balaban J connectivity index is 1.60. The average Bonchev–Trinajstić information content (AvgIpc) is 3.29. The van der Waals surface area contributed by atoms with Gasteiger partial charge in [0.05, 0.1) is 23.4 Å². The van der Waals surface area contributed by atoms with E-state index in [9.17, 15) is 22.4 Å². The van der Waals surface area contributed by atoms with E-state index in [2.05, 4.69) is 19.9 Å². The SMILES string of the molecule is Cc1nnc(CN2C(=O)N=C3C=CC(S(=O)(=O)NC4(CF)CC4)C=C3C2=O)s1. The van der Waals surface area contributed by atoms with Crippen molar-refractivity contribution >= 4 is 39.0 Å². The lowest BCUT2D eigenvalue weighted by molar-refractivity contribution is -0.124. The lowest BCUT2D eigenvalue weighted by Gasteiger charge is -2.27. The number of fused-ring (bicyclic) bond motifs is 1. The third kappa shape index (κ3) is 3.42. The van der Waals surface area contributed by atoms with E-state index in [0.29, 0.717) is 22.9 Å². The molecular formula is C16H16FN5O4S2. The number of aliphatic imine (C=N–C) groups is 1. The number of imide groups is 1. The minimum absolute atomic E-state index is 0.0174. The highest BCUT2D eigenvalue weighted by Crippen LogP contribution is 2.37. The normalized spacial score (nSPS) is 23.4. The highest BCUT2D eigenvalue weighted by Gasteiger charge is 2.47. The molecule has 1 fully saturated rings. The molecule has 0 bridgehead atoms. The van der Waals surface area contributed by atoms with Gasteiger partial charge < -0.3 is 0 Å². The highest BCUT2D eigenvalue weighted by molar-refractivity contribution is 7.90. The van der Waals surface area contributed by atoms with Gasteiger partial charge in [-0.05, 0) is 31.9 Å². The smallest absolute Gasteiger partial charge is 0.268 e. The van der Waals surface area contributed by atoms with Gasteiger partial charge in [-0.3, -0.25) is 9.69 Å². The molecule has 3 aliphatic rings. The summed E-state index contributed by atoms with van der Waals surface area (Å²) >= 11 is 1.24. The quantitative estimate of drug-likeness (QED) is 0.727. The number of allylic oxidation sites excluding steroid dienone is 1. The first kappa shape index (κ1) is 19.0. The molecule has 148 valence electrons. The molecule has 1 unspecified atom stereocenters. The summed E-state index contributed by atoms with van der Waals surface area (Å²) in [5.41, 5.74) is -0.907. The molecule has 1 aromatic heterocycles. The fraction of sp³-hybridized carbons (Fsp3) is 0.438. The summed E-state index contributed by atoms with van der Waals surface area (Å²) in [6.07, 6.45) is 4.76. The number of hydrogen-bond acceptors (Lipinski definition) is 7. The Morgan fingerprint density at radius 3 is 2.71 bits per heavy atom. The minimum atomic E-state index is -3.94. The van der Waals surface area contributed by atoms with Crippen molar-refractivity contribution in [3.05, 3.63) is 33.8 Å². The number of nitrogens with zero attached hydrogens (tertiary/aromatic N) is 4. The molecule has 1 aromatic rings. The molecule has 3 amide bonds. The summed E-state index contributed by atoms with van der Waals surface area (Å²) in [5, 5.41) is 7.74. The fourth-order valence-corrected chi connectivity index (χ4v) is 5.20. The first-order valence-corrected chi connectivity index (χ1v) is 10.8. The van der Waals surface area contributed by atoms with Crippen LogP contribution in [-0.4, -0.2) is 58.6 Å². The standard InChI is InChI=1S/C16H16FN5O4S2/c1-9-19-20-13(27-9)7-22-14(23)11-6-10(2-3-12(11)18-15(22)24)28(25,26)21-16(8-17)4-5-16/h2-3,6,10,21H,4-5,7-8H2,1H3. The van der Waals surface area contributed by atoms with Crippen molar-refractivity contribution in [2.24, 2.45) is 4.99 Å². The number of carbonyl (C=O) groups excluding carboxylic acids is 2. The van der Waals surface area contributed by atoms with Crippen molar-refractivity contribution in [3.8, 4) is 0 Å². The molecule has 1 atom stereocenters. The second-order valence-electron chi connectivity index (χ2n) is 6.85. The molecule has 0 aromatic carbocycles. The molecule has 2 aliphatic carbocycles. The van der Waals surface area contributed by atoms with Crippen molar-refractivity contribution in [1.82, 2.24) is 19.8 Å². The average molecular weight is 425 g/mol. The first-order chi connectivity index (χ1) is 13.2. The topological polar surface area (TPSA) is 122 Å². The number of aryl methyl sites for hydroxylation is 1. The van der Waals surface area contributed by atoms with Gasteiger partial charge in [-0.15, -0.1) is 10.2 Å². The number of halogens is 1. The summed E-state index contributed by atoms with van der Waals surface area (Å²) in [6, 6.07) is -0.747. The van der Waals surface area contributed by atoms with Crippen LogP contribution in [0.25, 0.3) is 0 Å². The number of sulfonamides is 1. The summed E-state index contributed by atoms with van der Waals surface area (Å²) in [7, 11) is -3.94. The third-order valence-electron chi connectivity index (χ3n) is 4.66. The molecule has 1 aliphatic heterocycles. The van der Waals surface area contributed by atoms with E-state index < -0.39 is 39.4 Å². The van der Waals surface area contributed by atoms with E-state index in [1.807, 2.05) is 0 Å². The van der Waals surface area contributed by atoms with Crippen LogP contribution < -0.4 is 4.72 Å². The number of carbonyl (C=O) groups is 2. The van der Waals surface area contributed by atoms with Crippen LogP contribution in [0.5, 0.6) is 0 Å². The summed E-state index contributed by atoms with van der Waals surface area (Å²) in [5.74, 6) is -0.654. The molecule has 1 saturated carbocycles. The van der Waals surface area contributed by atoms with Gasteiger partial charge in [0.1, 0.15) is 21.9 Å². The number of rotatable bonds is 6. The minimum Gasteiger partial charge on any atom is -0.268 e. The Bertz CT molecular complexity index is 1050. The maximum Gasteiger partial charge on any atom is 0.351 e. The van der Waals surface area contributed by atoms with Gasteiger partial charge in [0, 0.05) is 0 Å². The van der Waals surface area contributed by atoms with Crippen LogP contribution in [0.2, 0.25) is 0 Å². The van der Waals surface area contributed by atoms with E-state index >= 15 is 0 Å². The van der Waals surface area contributed by atoms with Crippen LogP contribution in [0.15, 0.2) is 28.8 Å². The van der Waals surface area contributed by atoms with Crippen molar-refractivity contribution in [2.45, 2.75) is 37.1 Å². The molecule has 0 radical (unpaired) electrons. The summed E-state index contributed by atoms with van der Waals surface area (Å²) < 4.78 is 40.7. The van der Waals surface area contributed by atoms with Gasteiger partial charge in [0.15, 0.2) is 0 Å². The van der Waals surface area contributed by atoms with E-state index in [4.69, 9.17) is 0 Å². The van der Waals surface area contributed by atoms with Crippen LogP contribution >= 0.6 is 11.3 Å². The van der Waals surface area contributed by atoms with E-state index in [1.54, 1.807) is 6.92 Å². The van der Waals surface area contributed by atoms with E-state index in [-0.39, 0.29) is 17.8 Å². The second kappa shape index (κ2) is 6.64. The molecule has 0 saturated heterocycles. The van der Waals surface area contributed by atoms with Crippen molar-refractivity contribution in [1.29, 1.82) is 0 Å². The first-order valence-electron chi connectivity index (χ1n) is 8.46. The monoisotopic (exact) mass is 425 g/mol. The summed E-state index contributed by atoms with van der Waals surface area (Å²) in [6.45, 7) is 0.869.